The van der Waals surface area contributed by atoms with Gasteiger partial charge in [0.2, 0.25) is 11.8 Å². The molecular weight excluding hydrogens is 448 g/mol. The number of aryl methyl sites for hydroxylation is 2. The first-order valence-electron chi connectivity index (χ1n) is 9.76. The molecule has 29 heavy (non-hydrogen) atoms. The maximum Gasteiger partial charge on any atom is 0.242 e. The summed E-state index contributed by atoms with van der Waals surface area (Å²) in [5.74, 6) is 0.960. The van der Waals surface area contributed by atoms with Gasteiger partial charge in [0.25, 0.3) is 0 Å². The summed E-state index contributed by atoms with van der Waals surface area (Å²) in [6.07, 6.45) is 0. The smallest absolute Gasteiger partial charge is 0.242 e. The van der Waals surface area contributed by atoms with Crippen molar-refractivity contribution in [3.63, 3.8) is 0 Å². The minimum atomic E-state index is -0.520. The summed E-state index contributed by atoms with van der Waals surface area (Å²) in [5, 5.41) is 2.82. The van der Waals surface area contributed by atoms with Crippen LogP contribution in [0.4, 0.5) is 0 Å². The van der Waals surface area contributed by atoms with E-state index in [1.165, 1.54) is 16.7 Å². The van der Waals surface area contributed by atoms with Gasteiger partial charge in [-0.3, -0.25) is 9.59 Å². The van der Waals surface area contributed by atoms with Gasteiger partial charge in [0.15, 0.2) is 0 Å². The van der Waals surface area contributed by atoms with Crippen LogP contribution in [-0.2, 0) is 21.9 Å². The van der Waals surface area contributed by atoms with Gasteiger partial charge in [0.05, 0.1) is 5.75 Å². The zero-order chi connectivity index (χ0) is 21.4. The standard InChI is InChI=1S/C23H29BrN2O2S/c1-5-25-23(28)18(4)26(13-19-6-8-21(24)9-7-19)22(27)15-29-14-20-11-16(2)10-17(3)12-20/h6-12,18H,5,13-15H2,1-4H3,(H,25,28)/t18-/m0/s1. The van der Waals surface area contributed by atoms with Gasteiger partial charge in [-0.05, 0) is 51.0 Å². The number of thioether (sulfide) groups is 1. The Morgan fingerprint density at radius 1 is 1.07 bits per heavy atom. The second kappa shape index (κ2) is 11.4. The molecule has 0 unspecified atom stereocenters. The van der Waals surface area contributed by atoms with Crippen molar-refractivity contribution in [3.05, 3.63) is 69.2 Å². The molecule has 0 radical (unpaired) electrons. The molecule has 0 aliphatic carbocycles. The van der Waals surface area contributed by atoms with Crippen LogP contribution < -0.4 is 5.32 Å². The summed E-state index contributed by atoms with van der Waals surface area (Å²) in [4.78, 5) is 27.1. The number of halogens is 1. The summed E-state index contributed by atoms with van der Waals surface area (Å²) >= 11 is 5.02. The van der Waals surface area contributed by atoms with Crippen LogP contribution in [0.1, 0.15) is 36.1 Å². The van der Waals surface area contributed by atoms with Gasteiger partial charge in [-0.2, -0.15) is 0 Å². The van der Waals surface area contributed by atoms with Crippen LogP contribution in [0.5, 0.6) is 0 Å². The van der Waals surface area contributed by atoms with E-state index >= 15 is 0 Å². The third-order valence-electron chi connectivity index (χ3n) is 4.56. The lowest BCUT2D eigenvalue weighted by Crippen LogP contribution is -2.48. The van der Waals surface area contributed by atoms with Gasteiger partial charge in [0, 0.05) is 23.3 Å². The quantitative estimate of drug-likeness (QED) is 0.562. The van der Waals surface area contributed by atoms with Crippen LogP contribution in [0.25, 0.3) is 0 Å². The molecule has 1 N–H and O–H groups in total. The van der Waals surface area contributed by atoms with Gasteiger partial charge in [-0.15, -0.1) is 11.8 Å². The molecule has 0 spiro atoms. The van der Waals surface area contributed by atoms with E-state index in [0.29, 0.717) is 18.8 Å². The molecule has 156 valence electrons. The first kappa shape index (κ1) is 23.5. The number of nitrogens with zero attached hydrogens (tertiary/aromatic N) is 1. The Labute approximate surface area is 186 Å². The molecule has 4 nitrogen and oxygen atoms in total. The van der Waals surface area contributed by atoms with Crippen molar-refractivity contribution in [1.82, 2.24) is 10.2 Å². The molecule has 2 rings (SSSR count). The van der Waals surface area contributed by atoms with Crippen LogP contribution in [0.2, 0.25) is 0 Å². The number of likely N-dealkylation sites (N-methyl/N-ethyl adjacent to an activating group) is 1. The zero-order valence-corrected chi connectivity index (χ0v) is 19.9. The van der Waals surface area contributed by atoms with Crippen LogP contribution in [-0.4, -0.2) is 35.1 Å². The normalized spacial score (nSPS) is 11.8. The van der Waals surface area contributed by atoms with Crippen LogP contribution in [0.15, 0.2) is 46.9 Å². The predicted molar refractivity (Wildman–Crippen MR) is 125 cm³/mol. The lowest BCUT2D eigenvalue weighted by molar-refractivity contribution is -0.138. The first-order chi connectivity index (χ1) is 13.8. The molecule has 2 aromatic rings. The SMILES string of the molecule is CCNC(=O)[C@H](C)N(Cc1ccc(Br)cc1)C(=O)CSCc1cc(C)cc(C)c1. The van der Waals surface area contributed by atoms with Gasteiger partial charge in [-0.1, -0.05) is 57.4 Å². The summed E-state index contributed by atoms with van der Waals surface area (Å²) in [5.41, 5.74) is 4.68. The monoisotopic (exact) mass is 476 g/mol. The lowest BCUT2D eigenvalue weighted by atomic mass is 10.1. The maximum absolute atomic E-state index is 13.0. The predicted octanol–water partition coefficient (Wildman–Crippen LogP) is 4.85. The lowest BCUT2D eigenvalue weighted by Gasteiger charge is -2.28. The fourth-order valence-corrected chi connectivity index (χ4v) is 4.29. The van der Waals surface area contributed by atoms with E-state index in [0.717, 1.165) is 15.8 Å². The number of rotatable bonds is 9. The van der Waals surface area contributed by atoms with E-state index in [2.05, 4.69) is 53.3 Å². The van der Waals surface area contributed by atoms with Crippen LogP contribution in [0, 0.1) is 13.8 Å². The highest BCUT2D eigenvalue weighted by Crippen LogP contribution is 2.19. The number of nitrogens with one attached hydrogen (secondary N) is 1. The highest BCUT2D eigenvalue weighted by Gasteiger charge is 2.25. The van der Waals surface area contributed by atoms with Crippen molar-refractivity contribution in [2.75, 3.05) is 12.3 Å². The van der Waals surface area contributed by atoms with Crippen molar-refractivity contribution < 1.29 is 9.59 Å². The van der Waals surface area contributed by atoms with Crippen LogP contribution >= 0.6 is 27.7 Å². The number of carbonyl (C=O) groups excluding carboxylic acids is 2. The molecule has 2 amide bonds. The average Bonchev–Trinajstić information content (AvgIpc) is 2.66. The molecule has 1 atom stereocenters. The summed E-state index contributed by atoms with van der Waals surface area (Å²) in [6.45, 7) is 8.79. The van der Waals surface area contributed by atoms with E-state index in [9.17, 15) is 9.59 Å². The van der Waals surface area contributed by atoms with Gasteiger partial charge in [0.1, 0.15) is 6.04 Å². The summed E-state index contributed by atoms with van der Waals surface area (Å²) in [7, 11) is 0. The number of hydrogen-bond acceptors (Lipinski definition) is 3. The van der Waals surface area contributed by atoms with Crippen molar-refractivity contribution in [2.45, 2.75) is 46.0 Å². The van der Waals surface area contributed by atoms with Crippen molar-refractivity contribution in [2.24, 2.45) is 0 Å². The van der Waals surface area contributed by atoms with Gasteiger partial charge < -0.3 is 10.2 Å². The summed E-state index contributed by atoms with van der Waals surface area (Å²) < 4.78 is 0.986. The molecule has 0 aliphatic heterocycles. The average molecular weight is 477 g/mol. The Morgan fingerprint density at radius 2 is 1.69 bits per heavy atom. The molecule has 0 saturated heterocycles. The summed E-state index contributed by atoms with van der Waals surface area (Å²) in [6, 6.07) is 13.8. The first-order valence-corrected chi connectivity index (χ1v) is 11.7. The third kappa shape index (κ3) is 7.52. The van der Waals surface area contributed by atoms with Crippen LogP contribution in [0.3, 0.4) is 0 Å². The van der Waals surface area contributed by atoms with Crippen molar-refractivity contribution in [3.8, 4) is 0 Å². The Morgan fingerprint density at radius 3 is 2.28 bits per heavy atom. The molecule has 0 aliphatic rings. The molecule has 0 bridgehead atoms. The van der Waals surface area contributed by atoms with E-state index in [1.807, 2.05) is 31.2 Å². The van der Waals surface area contributed by atoms with Crippen molar-refractivity contribution >= 4 is 39.5 Å². The molecule has 0 fully saturated rings. The Balaban J connectivity index is 2.06. The molecule has 6 heteroatoms. The minimum Gasteiger partial charge on any atom is -0.355 e. The Kier molecular flexibility index (Phi) is 9.24. The molecule has 2 aromatic carbocycles. The highest BCUT2D eigenvalue weighted by molar-refractivity contribution is 9.10. The van der Waals surface area contributed by atoms with E-state index in [4.69, 9.17) is 0 Å². The highest BCUT2D eigenvalue weighted by atomic mass is 79.9. The number of amides is 2. The van der Waals surface area contributed by atoms with E-state index in [1.54, 1.807) is 23.6 Å². The number of carbonyl (C=O) groups is 2. The molecular formula is C23H29BrN2O2S. The molecule has 0 saturated carbocycles. The molecule has 0 aromatic heterocycles. The topological polar surface area (TPSA) is 49.4 Å². The Bertz CT molecular complexity index is 819. The van der Waals surface area contributed by atoms with Crippen molar-refractivity contribution in [1.29, 1.82) is 0 Å². The third-order valence-corrected chi connectivity index (χ3v) is 6.08. The fourth-order valence-electron chi connectivity index (χ4n) is 3.18. The second-order valence-corrected chi connectivity index (χ2v) is 9.11. The maximum atomic E-state index is 13.0. The largest absolute Gasteiger partial charge is 0.355 e. The van der Waals surface area contributed by atoms with E-state index in [-0.39, 0.29) is 11.8 Å². The number of hydrogen-bond donors (Lipinski definition) is 1. The number of benzene rings is 2. The minimum absolute atomic E-state index is 0.0268. The van der Waals surface area contributed by atoms with Gasteiger partial charge in [-0.25, -0.2) is 0 Å². The van der Waals surface area contributed by atoms with Gasteiger partial charge >= 0.3 is 0 Å². The Hall–Kier alpha value is -1.79. The fraction of sp³-hybridized carbons (Fsp3) is 0.391. The van der Waals surface area contributed by atoms with E-state index < -0.39 is 6.04 Å². The zero-order valence-electron chi connectivity index (χ0n) is 17.5. The molecule has 0 heterocycles. The second-order valence-electron chi connectivity index (χ2n) is 7.21.